The van der Waals surface area contributed by atoms with Crippen LogP contribution in [-0.2, 0) is 4.79 Å². The molecule has 4 aliphatic rings. The molecule has 156 valence electrons. The Hall–Kier alpha value is -2.01. The monoisotopic (exact) mass is 396 g/mol. The van der Waals surface area contributed by atoms with Crippen LogP contribution in [0.5, 0.6) is 11.5 Å². The number of hydrogen-bond acceptors (Lipinski definition) is 4. The topological polar surface area (TPSA) is 50.8 Å². The molecule has 0 aromatic heterocycles. The summed E-state index contributed by atoms with van der Waals surface area (Å²) in [6, 6.07) is 6.31. The lowest BCUT2D eigenvalue weighted by Gasteiger charge is -2.29. The Bertz CT molecular complexity index is 810. The van der Waals surface area contributed by atoms with E-state index in [0.717, 1.165) is 31.0 Å². The standard InChI is InChI=1S/C24H32N2O3/c1-28-21-8-5-16(13-22(21)29-2)20(26-11-3-4-12-26)15-25-23(27)18-14-17-6-7-19(18)24(17)9-10-24/h5-8,13,17-20H,3-4,9-12,14-15H2,1-2H3,(H,25,27)/t17-,18-,19-,20+/m1/s1. The number of benzene rings is 1. The number of likely N-dealkylation sites (tertiary alicyclic amines) is 1. The maximum absolute atomic E-state index is 13.1. The van der Waals surface area contributed by atoms with Gasteiger partial charge in [0.1, 0.15) is 0 Å². The number of nitrogens with one attached hydrogen (secondary N) is 1. The van der Waals surface area contributed by atoms with Gasteiger partial charge in [-0.3, -0.25) is 9.69 Å². The van der Waals surface area contributed by atoms with E-state index in [1.54, 1.807) is 14.2 Å². The van der Waals surface area contributed by atoms with Crippen molar-refractivity contribution < 1.29 is 14.3 Å². The van der Waals surface area contributed by atoms with E-state index in [0.29, 0.717) is 23.8 Å². The molecule has 1 aliphatic heterocycles. The lowest BCUT2D eigenvalue weighted by molar-refractivity contribution is -0.126. The van der Waals surface area contributed by atoms with Crippen LogP contribution in [0.2, 0.25) is 0 Å². The predicted molar refractivity (Wildman–Crippen MR) is 112 cm³/mol. The molecule has 1 aromatic carbocycles. The van der Waals surface area contributed by atoms with Crippen molar-refractivity contribution in [2.75, 3.05) is 33.9 Å². The number of hydrogen-bond donors (Lipinski definition) is 1. The maximum Gasteiger partial charge on any atom is 0.223 e. The average Bonchev–Trinajstić information content (AvgIpc) is 3.09. The summed E-state index contributed by atoms with van der Waals surface area (Å²) < 4.78 is 10.9. The third kappa shape index (κ3) is 3.14. The van der Waals surface area contributed by atoms with Gasteiger partial charge in [-0.15, -0.1) is 0 Å². The number of amides is 1. The van der Waals surface area contributed by atoms with Crippen molar-refractivity contribution >= 4 is 5.91 Å². The van der Waals surface area contributed by atoms with Gasteiger partial charge in [-0.25, -0.2) is 0 Å². The van der Waals surface area contributed by atoms with Gasteiger partial charge < -0.3 is 14.8 Å². The second-order valence-electron chi connectivity index (χ2n) is 9.21. The fraction of sp³-hybridized carbons (Fsp3) is 0.625. The van der Waals surface area contributed by atoms with Crippen molar-refractivity contribution in [1.29, 1.82) is 0 Å². The second-order valence-corrected chi connectivity index (χ2v) is 9.21. The smallest absolute Gasteiger partial charge is 0.223 e. The summed E-state index contributed by atoms with van der Waals surface area (Å²) in [7, 11) is 3.33. The lowest BCUT2D eigenvalue weighted by atomic mass is 9.88. The lowest BCUT2D eigenvalue weighted by Crippen LogP contribution is -2.40. The van der Waals surface area contributed by atoms with Crippen LogP contribution in [0.4, 0.5) is 0 Å². The highest BCUT2D eigenvalue weighted by Gasteiger charge is 2.64. The van der Waals surface area contributed by atoms with Gasteiger partial charge in [0.05, 0.1) is 20.3 Å². The summed E-state index contributed by atoms with van der Waals surface area (Å²) in [5, 5.41) is 3.33. The zero-order chi connectivity index (χ0) is 20.0. The number of carbonyl (C=O) groups is 1. The molecular weight excluding hydrogens is 364 g/mol. The van der Waals surface area contributed by atoms with Crippen molar-refractivity contribution in [2.45, 2.75) is 38.1 Å². The van der Waals surface area contributed by atoms with Crippen LogP contribution < -0.4 is 14.8 Å². The van der Waals surface area contributed by atoms with Gasteiger partial charge in [-0.2, -0.15) is 0 Å². The van der Waals surface area contributed by atoms with E-state index in [-0.39, 0.29) is 17.9 Å². The molecule has 1 aromatic rings. The molecule has 3 fully saturated rings. The minimum atomic E-state index is 0.164. The molecule has 1 spiro atoms. The number of ether oxygens (including phenoxy) is 2. The van der Waals surface area contributed by atoms with Gasteiger partial charge in [-0.1, -0.05) is 18.2 Å². The molecule has 2 saturated carbocycles. The molecule has 5 heteroatoms. The zero-order valence-corrected chi connectivity index (χ0v) is 17.5. The molecule has 5 rings (SSSR count). The Morgan fingerprint density at radius 1 is 1.17 bits per heavy atom. The second kappa shape index (κ2) is 7.35. The van der Waals surface area contributed by atoms with Crippen LogP contribution in [-0.4, -0.2) is 44.7 Å². The van der Waals surface area contributed by atoms with Gasteiger partial charge in [-0.05, 0) is 80.1 Å². The molecule has 1 amide bonds. The summed E-state index contributed by atoms with van der Waals surface area (Å²) in [4.78, 5) is 15.6. The first kappa shape index (κ1) is 19.0. The van der Waals surface area contributed by atoms with E-state index >= 15 is 0 Å². The Morgan fingerprint density at radius 2 is 1.93 bits per heavy atom. The first-order valence-corrected chi connectivity index (χ1v) is 11.1. The first-order chi connectivity index (χ1) is 14.2. The van der Waals surface area contributed by atoms with E-state index < -0.39 is 0 Å². The van der Waals surface area contributed by atoms with Crippen LogP contribution >= 0.6 is 0 Å². The molecule has 1 N–H and O–H groups in total. The van der Waals surface area contributed by atoms with Gasteiger partial charge in [0, 0.05) is 12.5 Å². The highest BCUT2D eigenvalue weighted by molar-refractivity contribution is 5.80. The molecule has 5 nitrogen and oxygen atoms in total. The fourth-order valence-corrected chi connectivity index (χ4v) is 6.17. The fourth-order valence-electron chi connectivity index (χ4n) is 6.17. The third-order valence-electron chi connectivity index (χ3n) is 7.90. The normalized spacial score (nSPS) is 29.9. The Balaban J connectivity index is 1.31. The van der Waals surface area contributed by atoms with Crippen LogP contribution in [0.15, 0.2) is 30.4 Å². The van der Waals surface area contributed by atoms with Crippen molar-refractivity contribution in [1.82, 2.24) is 10.2 Å². The molecule has 4 atom stereocenters. The minimum absolute atomic E-state index is 0.164. The van der Waals surface area contributed by atoms with E-state index in [1.807, 2.05) is 6.07 Å². The Morgan fingerprint density at radius 3 is 2.59 bits per heavy atom. The van der Waals surface area contributed by atoms with Crippen molar-refractivity contribution in [2.24, 2.45) is 23.2 Å². The molecule has 0 unspecified atom stereocenters. The number of carbonyl (C=O) groups excluding carboxylic acids is 1. The summed E-state index contributed by atoms with van der Waals surface area (Å²) in [6.45, 7) is 2.81. The quantitative estimate of drug-likeness (QED) is 0.716. The Labute approximate surface area is 173 Å². The molecule has 29 heavy (non-hydrogen) atoms. The highest BCUT2D eigenvalue weighted by Crippen LogP contribution is 2.70. The van der Waals surface area contributed by atoms with Gasteiger partial charge in [0.25, 0.3) is 0 Å². The number of nitrogens with zero attached hydrogens (tertiary/aromatic N) is 1. The maximum atomic E-state index is 13.1. The average molecular weight is 397 g/mol. The molecule has 1 heterocycles. The van der Waals surface area contributed by atoms with E-state index in [4.69, 9.17) is 9.47 Å². The van der Waals surface area contributed by atoms with Crippen LogP contribution in [0.25, 0.3) is 0 Å². The molecule has 2 bridgehead atoms. The van der Waals surface area contributed by atoms with Crippen molar-refractivity contribution in [3.05, 3.63) is 35.9 Å². The number of allylic oxidation sites excluding steroid dienone is 2. The van der Waals surface area contributed by atoms with E-state index in [1.165, 1.54) is 31.2 Å². The van der Waals surface area contributed by atoms with Crippen LogP contribution in [0.1, 0.15) is 43.7 Å². The first-order valence-electron chi connectivity index (χ1n) is 11.1. The highest BCUT2D eigenvalue weighted by atomic mass is 16.5. The minimum Gasteiger partial charge on any atom is -0.493 e. The predicted octanol–water partition coefficient (Wildman–Crippen LogP) is 3.56. The SMILES string of the molecule is COc1ccc([C@H](CNC(=O)[C@@H]2C[C@H]3C=C[C@H]2C32CC2)N2CCCC2)cc1OC. The van der Waals surface area contributed by atoms with Gasteiger partial charge in [0.2, 0.25) is 5.91 Å². The molecule has 3 aliphatic carbocycles. The third-order valence-corrected chi connectivity index (χ3v) is 7.90. The summed E-state index contributed by atoms with van der Waals surface area (Å²) in [6.07, 6.45) is 10.8. The van der Waals surface area contributed by atoms with E-state index in [9.17, 15) is 4.79 Å². The van der Waals surface area contributed by atoms with Gasteiger partial charge >= 0.3 is 0 Å². The summed E-state index contributed by atoms with van der Waals surface area (Å²) >= 11 is 0. The Kier molecular flexibility index (Phi) is 4.81. The van der Waals surface area contributed by atoms with Crippen LogP contribution in [0.3, 0.4) is 0 Å². The molecule has 0 radical (unpaired) electrons. The largest absolute Gasteiger partial charge is 0.493 e. The van der Waals surface area contributed by atoms with E-state index in [2.05, 4.69) is 34.5 Å². The summed E-state index contributed by atoms with van der Waals surface area (Å²) in [5.74, 6) is 3.01. The number of rotatable bonds is 7. The number of methoxy groups -OCH3 is 2. The van der Waals surface area contributed by atoms with Crippen LogP contribution in [0, 0.1) is 23.2 Å². The molecule has 1 saturated heterocycles. The van der Waals surface area contributed by atoms with Crippen molar-refractivity contribution in [3.63, 3.8) is 0 Å². The zero-order valence-electron chi connectivity index (χ0n) is 17.5. The molecular formula is C24H32N2O3. The van der Waals surface area contributed by atoms with Gasteiger partial charge in [0.15, 0.2) is 11.5 Å². The van der Waals surface area contributed by atoms with Crippen molar-refractivity contribution in [3.8, 4) is 11.5 Å². The summed E-state index contributed by atoms with van der Waals surface area (Å²) in [5.41, 5.74) is 1.64.